The number of hydrogen-bond acceptors (Lipinski definition) is 7. The van der Waals surface area contributed by atoms with Crippen molar-refractivity contribution in [1.29, 1.82) is 0 Å². The zero-order valence-electron chi connectivity index (χ0n) is 11.7. The van der Waals surface area contributed by atoms with Crippen LogP contribution in [0.25, 0.3) is 0 Å². The molecule has 0 aromatic heterocycles. The molecule has 0 aromatic carbocycles. The molecule has 9 heteroatoms. The third-order valence-corrected chi connectivity index (χ3v) is 4.81. The van der Waals surface area contributed by atoms with E-state index in [9.17, 15) is 27.9 Å². The molecule has 0 bridgehead atoms. The average molecular weight is 321 g/mol. The summed E-state index contributed by atoms with van der Waals surface area (Å²) >= 11 is 0. The van der Waals surface area contributed by atoms with Crippen molar-refractivity contribution in [2.24, 2.45) is 5.92 Å². The van der Waals surface area contributed by atoms with E-state index in [2.05, 4.69) is 10.1 Å². The van der Waals surface area contributed by atoms with E-state index in [0.29, 0.717) is 0 Å². The molecular formula is C12H19NO7S. The van der Waals surface area contributed by atoms with Crippen molar-refractivity contribution in [3.05, 3.63) is 0 Å². The number of amides is 1. The standard InChI is InChI=1S/C12H19NO7S/c1-8(14)13-7-20-12(17)2-3-21(18,19)6-9-4-10(15)5-11(9)16/h9-10,15H,2-7H2,1H3,(H,13,14)/t9-,10+/m1/s1. The minimum atomic E-state index is -3.58. The number of hydrogen-bond donors (Lipinski definition) is 2. The van der Waals surface area contributed by atoms with Gasteiger partial charge in [-0.2, -0.15) is 0 Å². The molecule has 1 aliphatic carbocycles. The number of aliphatic hydroxyl groups excluding tert-OH is 1. The van der Waals surface area contributed by atoms with Crippen molar-refractivity contribution < 1.29 is 32.6 Å². The molecule has 0 aliphatic heterocycles. The molecule has 1 aliphatic rings. The van der Waals surface area contributed by atoms with Crippen LogP contribution in [0.2, 0.25) is 0 Å². The summed E-state index contributed by atoms with van der Waals surface area (Å²) in [6, 6.07) is 0. The number of sulfone groups is 1. The zero-order chi connectivity index (χ0) is 16.0. The molecule has 1 rings (SSSR count). The van der Waals surface area contributed by atoms with Crippen LogP contribution in [-0.4, -0.2) is 55.5 Å². The molecule has 8 nitrogen and oxygen atoms in total. The van der Waals surface area contributed by atoms with Gasteiger partial charge in [0.05, 0.1) is 24.0 Å². The summed E-state index contributed by atoms with van der Waals surface area (Å²) in [5.74, 6) is -2.85. The molecule has 0 aromatic rings. The van der Waals surface area contributed by atoms with E-state index in [-0.39, 0.29) is 43.4 Å². The molecule has 0 unspecified atom stereocenters. The Labute approximate surface area is 122 Å². The van der Waals surface area contributed by atoms with Crippen molar-refractivity contribution in [3.63, 3.8) is 0 Å². The topological polar surface area (TPSA) is 127 Å². The first kappa shape index (κ1) is 17.6. The number of nitrogens with one attached hydrogen (secondary N) is 1. The third kappa shape index (κ3) is 6.67. The van der Waals surface area contributed by atoms with Gasteiger partial charge >= 0.3 is 5.97 Å². The van der Waals surface area contributed by atoms with Crippen LogP contribution >= 0.6 is 0 Å². The fourth-order valence-corrected chi connectivity index (χ4v) is 3.60. The maximum atomic E-state index is 11.8. The van der Waals surface area contributed by atoms with Crippen LogP contribution in [0.3, 0.4) is 0 Å². The molecule has 0 saturated heterocycles. The van der Waals surface area contributed by atoms with Gasteiger partial charge in [0.25, 0.3) is 0 Å². The highest BCUT2D eigenvalue weighted by atomic mass is 32.2. The summed E-state index contributed by atoms with van der Waals surface area (Å²) in [4.78, 5) is 33.3. The SMILES string of the molecule is CC(=O)NCOC(=O)CCS(=O)(=O)C[C@H]1C[C@H](O)CC1=O. The molecule has 21 heavy (non-hydrogen) atoms. The van der Waals surface area contributed by atoms with Crippen LogP contribution in [0, 0.1) is 5.92 Å². The number of carbonyl (C=O) groups excluding carboxylic acids is 3. The first-order chi connectivity index (χ1) is 9.69. The fourth-order valence-electron chi connectivity index (χ4n) is 2.02. The second-order valence-electron chi connectivity index (χ2n) is 5.01. The number of ketones is 1. The van der Waals surface area contributed by atoms with E-state index in [1.807, 2.05) is 0 Å². The first-order valence-electron chi connectivity index (χ1n) is 6.51. The van der Waals surface area contributed by atoms with E-state index in [1.54, 1.807) is 0 Å². The van der Waals surface area contributed by atoms with Crippen molar-refractivity contribution in [3.8, 4) is 0 Å². The van der Waals surface area contributed by atoms with Gasteiger partial charge in [0.1, 0.15) is 5.78 Å². The number of rotatable bonds is 7. The van der Waals surface area contributed by atoms with Gasteiger partial charge in [-0.3, -0.25) is 14.4 Å². The monoisotopic (exact) mass is 321 g/mol. The Bertz CT molecular complexity index is 514. The molecule has 0 spiro atoms. The van der Waals surface area contributed by atoms with Gasteiger partial charge in [-0.15, -0.1) is 0 Å². The first-order valence-corrected chi connectivity index (χ1v) is 8.33. The number of carbonyl (C=O) groups is 3. The maximum absolute atomic E-state index is 11.8. The number of aliphatic hydroxyl groups is 1. The third-order valence-electron chi connectivity index (χ3n) is 3.08. The number of Topliss-reactive ketones (excluding diaryl/α,β-unsaturated/α-hetero) is 1. The molecule has 0 heterocycles. The summed E-state index contributed by atoms with van der Waals surface area (Å²) in [7, 11) is -3.58. The fraction of sp³-hybridized carbons (Fsp3) is 0.750. The van der Waals surface area contributed by atoms with Crippen LogP contribution in [0.4, 0.5) is 0 Å². The van der Waals surface area contributed by atoms with Gasteiger partial charge in [-0.25, -0.2) is 8.42 Å². The summed E-state index contributed by atoms with van der Waals surface area (Å²) in [6.07, 6.45) is -0.990. The van der Waals surface area contributed by atoms with Crippen LogP contribution in [0.5, 0.6) is 0 Å². The largest absolute Gasteiger partial charge is 0.444 e. The second kappa shape index (κ2) is 7.51. The van der Waals surface area contributed by atoms with Crippen LogP contribution in [-0.2, 0) is 29.0 Å². The zero-order valence-corrected chi connectivity index (χ0v) is 12.5. The van der Waals surface area contributed by atoms with Gasteiger partial charge < -0.3 is 15.2 Å². The Morgan fingerprint density at radius 3 is 2.62 bits per heavy atom. The molecular weight excluding hydrogens is 302 g/mol. The smallest absolute Gasteiger partial charge is 0.308 e. The van der Waals surface area contributed by atoms with Gasteiger partial charge in [0.2, 0.25) is 5.91 Å². The quantitative estimate of drug-likeness (QED) is 0.444. The lowest BCUT2D eigenvalue weighted by molar-refractivity contribution is -0.144. The summed E-state index contributed by atoms with van der Waals surface area (Å²) in [6.45, 7) is 0.951. The highest BCUT2D eigenvalue weighted by Crippen LogP contribution is 2.23. The number of esters is 1. The summed E-state index contributed by atoms with van der Waals surface area (Å²) in [5, 5.41) is 11.5. The van der Waals surface area contributed by atoms with Gasteiger partial charge in [-0.1, -0.05) is 0 Å². The van der Waals surface area contributed by atoms with Crippen molar-refractivity contribution >= 4 is 27.5 Å². The van der Waals surface area contributed by atoms with Crippen molar-refractivity contribution in [1.82, 2.24) is 5.32 Å². The predicted octanol–water partition coefficient (Wildman–Crippen LogP) is -1.23. The van der Waals surface area contributed by atoms with Gasteiger partial charge in [-0.05, 0) is 6.42 Å². The van der Waals surface area contributed by atoms with E-state index < -0.39 is 33.6 Å². The van der Waals surface area contributed by atoms with E-state index in [0.717, 1.165) is 0 Å². The van der Waals surface area contributed by atoms with E-state index >= 15 is 0 Å². The average Bonchev–Trinajstić information content (AvgIpc) is 2.64. The highest BCUT2D eigenvalue weighted by molar-refractivity contribution is 7.91. The van der Waals surface area contributed by atoms with Gasteiger partial charge in [0.15, 0.2) is 16.6 Å². The molecule has 1 amide bonds. The van der Waals surface area contributed by atoms with E-state index in [1.165, 1.54) is 6.92 Å². The Kier molecular flexibility index (Phi) is 6.28. The molecule has 0 radical (unpaired) electrons. The highest BCUT2D eigenvalue weighted by Gasteiger charge is 2.34. The molecule has 1 fully saturated rings. The minimum absolute atomic E-state index is 0.0149. The molecule has 2 atom stereocenters. The van der Waals surface area contributed by atoms with Crippen molar-refractivity contribution in [2.45, 2.75) is 32.3 Å². The second-order valence-corrected chi connectivity index (χ2v) is 7.24. The van der Waals surface area contributed by atoms with Crippen LogP contribution in [0.15, 0.2) is 0 Å². The molecule has 1 saturated carbocycles. The number of ether oxygens (including phenoxy) is 1. The predicted molar refractivity (Wildman–Crippen MR) is 71.8 cm³/mol. The Morgan fingerprint density at radius 2 is 2.10 bits per heavy atom. The Morgan fingerprint density at radius 1 is 1.43 bits per heavy atom. The van der Waals surface area contributed by atoms with E-state index in [4.69, 9.17) is 0 Å². The lowest BCUT2D eigenvalue weighted by atomic mass is 10.1. The lowest BCUT2D eigenvalue weighted by Crippen LogP contribution is -2.27. The molecule has 120 valence electrons. The minimum Gasteiger partial charge on any atom is -0.444 e. The lowest BCUT2D eigenvalue weighted by Gasteiger charge is -2.09. The van der Waals surface area contributed by atoms with Gasteiger partial charge in [0, 0.05) is 19.3 Å². The summed E-state index contributed by atoms with van der Waals surface area (Å²) < 4.78 is 28.2. The summed E-state index contributed by atoms with van der Waals surface area (Å²) in [5.41, 5.74) is 0. The molecule has 2 N–H and O–H groups in total. The maximum Gasteiger partial charge on any atom is 0.308 e. The van der Waals surface area contributed by atoms with Crippen LogP contribution in [0.1, 0.15) is 26.2 Å². The van der Waals surface area contributed by atoms with Crippen LogP contribution < -0.4 is 5.32 Å². The normalized spacial score (nSPS) is 22.1. The Hall–Kier alpha value is -1.48. The Balaban J connectivity index is 2.34. The van der Waals surface area contributed by atoms with Crippen molar-refractivity contribution in [2.75, 3.05) is 18.2 Å².